The predicted molar refractivity (Wildman–Crippen MR) is 67.2 cm³/mol. The predicted octanol–water partition coefficient (Wildman–Crippen LogP) is 3.42. The largest absolute Gasteiger partial charge is 0.373 e. The monoisotopic (exact) mass is 210 g/mol. The molecule has 0 aliphatic heterocycles. The summed E-state index contributed by atoms with van der Waals surface area (Å²) >= 11 is 0. The Morgan fingerprint density at radius 3 is 2.44 bits per heavy atom. The molecule has 0 fully saturated rings. The second-order valence-corrected chi connectivity index (χ2v) is 3.48. The van der Waals surface area contributed by atoms with E-state index in [-0.39, 0.29) is 6.04 Å². The molecule has 0 saturated carbocycles. The van der Waals surface area contributed by atoms with Gasteiger partial charge in [-0.05, 0) is 24.3 Å². The van der Waals surface area contributed by atoms with Gasteiger partial charge in [0.15, 0.2) is 0 Å². The Hall–Kier alpha value is -2.09. The lowest BCUT2D eigenvalue weighted by Gasteiger charge is -2.15. The first-order valence-corrected chi connectivity index (χ1v) is 5.25. The van der Waals surface area contributed by atoms with Gasteiger partial charge in [0.25, 0.3) is 0 Å². The standard InChI is InChI=1S/C14H14N2/c1-2-13(14-10-6-7-11-15-14)16-12-8-4-3-5-9-12/h2-11,13,16H,1H2. The van der Waals surface area contributed by atoms with Crippen LogP contribution in [-0.2, 0) is 0 Å². The quantitative estimate of drug-likeness (QED) is 0.782. The molecule has 1 N–H and O–H groups in total. The minimum Gasteiger partial charge on any atom is -0.373 e. The molecule has 1 unspecified atom stereocenters. The Balaban J connectivity index is 2.16. The maximum absolute atomic E-state index is 4.31. The molecule has 16 heavy (non-hydrogen) atoms. The first-order chi connectivity index (χ1) is 7.90. The van der Waals surface area contributed by atoms with Gasteiger partial charge in [0.2, 0.25) is 0 Å². The average molecular weight is 210 g/mol. The fourth-order valence-electron chi connectivity index (χ4n) is 1.53. The third-order valence-corrected chi connectivity index (χ3v) is 2.34. The summed E-state index contributed by atoms with van der Waals surface area (Å²) in [5.74, 6) is 0. The number of nitrogens with one attached hydrogen (secondary N) is 1. The van der Waals surface area contributed by atoms with E-state index in [0.29, 0.717) is 0 Å². The number of hydrogen-bond donors (Lipinski definition) is 1. The third kappa shape index (κ3) is 2.48. The van der Waals surface area contributed by atoms with Crippen LogP contribution in [0.25, 0.3) is 0 Å². The highest BCUT2D eigenvalue weighted by Gasteiger charge is 2.06. The van der Waals surface area contributed by atoms with Crippen molar-refractivity contribution in [3.8, 4) is 0 Å². The van der Waals surface area contributed by atoms with Crippen LogP contribution in [0.4, 0.5) is 5.69 Å². The van der Waals surface area contributed by atoms with E-state index < -0.39 is 0 Å². The molecule has 2 rings (SSSR count). The van der Waals surface area contributed by atoms with Crippen LogP contribution in [0.3, 0.4) is 0 Å². The van der Waals surface area contributed by atoms with Gasteiger partial charge < -0.3 is 5.32 Å². The van der Waals surface area contributed by atoms with E-state index in [0.717, 1.165) is 11.4 Å². The zero-order valence-electron chi connectivity index (χ0n) is 9.01. The van der Waals surface area contributed by atoms with Gasteiger partial charge in [-0.15, -0.1) is 6.58 Å². The molecule has 80 valence electrons. The molecule has 0 spiro atoms. The molecule has 2 nitrogen and oxygen atoms in total. The molecule has 0 bridgehead atoms. The Morgan fingerprint density at radius 2 is 1.81 bits per heavy atom. The van der Waals surface area contributed by atoms with Crippen molar-refractivity contribution >= 4 is 5.69 Å². The van der Waals surface area contributed by atoms with Crippen molar-refractivity contribution in [2.75, 3.05) is 5.32 Å². The number of para-hydroxylation sites is 1. The molecule has 1 aromatic heterocycles. The van der Waals surface area contributed by atoms with Gasteiger partial charge in [-0.3, -0.25) is 4.98 Å². The number of anilines is 1. The topological polar surface area (TPSA) is 24.9 Å². The smallest absolute Gasteiger partial charge is 0.0867 e. The maximum Gasteiger partial charge on any atom is 0.0867 e. The van der Waals surface area contributed by atoms with Crippen molar-refractivity contribution in [1.82, 2.24) is 4.98 Å². The van der Waals surface area contributed by atoms with Crippen LogP contribution in [0.2, 0.25) is 0 Å². The molecule has 0 radical (unpaired) electrons. The molecule has 0 saturated heterocycles. The van der Waals surface area contributed by atoms with Crippen LogP contribution in [0.5, 0.6) is 0 Å². The van der Waals surface area contributed by atoms with Crippen LogP contribution in [0.1, 0.15) is 11.7 Å². The summed E-state index contributed by atoms with van der Waals surface area (Å²) in [5, 5.41) is 3.36. The second-order valence-electron chi connectivity index (χ2n) is 3.48. The molecule has 2 aromatic rings. The van der Waals surface area contributed by atoms with Gasteiger partial charge >= 0.3 is 0 Å². The summed E-state index contributed by atoms with van der Waals surface area (Å²) in [6.45, 7) is 3.83. The molecule has 0 aliphatic rings. The lowest BCUT2D eigenvalue weighted by Crippen LogP contribution is -2.09. The summed E-state index contributed by atoms with van der Waals surface area (Å²) in [7, 11) is 0. The summed E-state index contributed by atoms with van der Waals surface area (Å²) in [4.78, 5) is 4.31. The third-order valence-electron chi connectivity index (χ3n) is 2.34. The van der Waals surface area contributed by atoms with Gasteiger partial charge in [0, 0.05) is 11.9 Å². The maximum atomic E-state index is 4.31. The molecule has 1 atom stereocenters. The Kier molecular flexibility index (Phi) is 3.34. The Morgan fingerprint density at radius 1 is 1.06 bits per heavy atom. The van der Waals surface area contributed by atoms with E-state index in [1.807, 2.05) is 54.6 Å². The van der Waals surface area contributed by atoms with Crippen LogP contribution < -0.4 is 5.32 Å². The number of hydrogen-bond acceptors (Lipinski definition) is 2. The number of pyridine rings is 1. The van der Waals surface area contributed by atoms with Crippen molar-refractivity contribution < 1.29 is 0 Å². The number of benzene rings is 1. The van der Waals surface area contributed by atoms with Gasteiger partial charge in [0.1, 0.15) is 0 Å². The minimum atomic E-state index is 0.0450. The number of aromatic nitrogens is 1. The average Bonchev–Trinajstić information content (AvgIpc) is 2.38. The lowest BCUT2D eigenvalue weighted by atomic mass is 10.1. The highest BCUT2D eigenvalue weighted by Crippen LogP contribution is 2.17. The van der Waals surface area contributed by atoms with Crippen molar-refractivity contribution in [3.05, 3.63) is 73.1 Å². The Labute approximate surface area is 95.7 Å². The normalized spacial score (nSPS) is 11.8. The number of rotatable bonds is 4. The molecular weight excluding hydrogens is 196 g/mol. The molecule has 0 amide bonds. The van der Waals surface area contributed by atoms with Crippen molar-refractivity contribution in [3.63, 3.8) is 0 Å². The van der Waals surface area contributed by atoms with Crippen LogP contribution >= 0.6 is 0 Å². The van der Waals surface area contributed by atoms with Gasteiger partial charge in [-0.1, -0.05) is 30.3 Å². The van der Waals surface area contributed by atoms with E-state index in [1.165, 1.54) is 0 Å². The van der Waals surface area contributed by atoms with Gasteiger partial charge in [0.05, 0.1) is 11.7 Å². The highest BCUT2D eigenvalue weighted by molar-refractivity contribution is 5.45. The molecular formula is C14H14N2. The van der Waals surface area contributed by atoms with Crippen molar-refractivity contribution in [1.29, 1.82) is 0 Å². The highest BCUT2D eigenvalue weighted by atomic mass is 14.9. The van der Waals surface area contributed by atoms with Crippen LogP contribution in [0.15, 0.2) is 67.4 Å². The van der Waals surface area contributed by atoms with E-state index in [2.05, 4.69) is 16.9 Å². The first-order valence-electron chi connectivity index (χ1n) is 5.25. The zero-order chi connectivity index (χ0) is 11.2. The van der Waals surface area contributed by atoms with E-state index in [9.17, 15) is 0 Å². The number of nitrogens with zero attached hydrogens (tertiary/aromatic N) is 1. The molecule has 0 aliphatic carbocycles. The van der Waals surface area contributed by atoms with Gasteiger partial charge in [-0.25, -0.2) is 0 Å². The van der Waals surface area contributed by atoms with E-state index in [4.69, 9.17) is 0 Å². The Bertz CT molecular complexity index is 437. The summed E-state index contributed by atoms with van der Waals surface area (Å²) in [6.07, 6.45) is 3.65. The van der Waals surface area contributed by atoms with Crippen molar-refractivity contribution in [2.24, 2.45) is 0 Å². The second kappa shape index (κ2) is 5.12. The van der Waals surface area contributed by atoms with Gasteiger partial charge in [-0.2, -0.15) is 0 Å². The summed E-state index contributed by atoms with van der Waals surface area (Å²) in [6, 6.07) is 16.0. The van der Waals surface area contributed by atoms with E-state index in [1.54, 1.807) is 6.20 Å². The molecule has 2 heteroatoms. The van der Waals surface area contributed by atoms with Crippen LogP contribution in [-0.4, -0.2) is 4.98 Å². The fourth-order valence-corrected chi connectivity index (χ4v) is 1.53. The lowest BCUT2D eigenvalue weighted by molar-refractivity contribution is 0.925. The first kappa shape index (κ1) is 10.4. The summed E-state index contributed by atoms with van der Waals surface area (Å²) in [5.41, 5.74) is 2.04. The molecule has 1 aromatic carbocycles. The SMILES string of the molecule is C=CC(Nc1ccccc1)c1ccccn1. The molecule has 1 heterocycles. The minimum absolute atomic E-state index is 0.0450. The fraction of sp³-hybridized carbons (Fsp3) is 0.0714. The van der Waals surface area contributed by atoms with Crippen LogP contribution in [0, 0.1) is 0 Å². The van der Waals surface area contributed by atoms with E-state index >= 15 is 0 Å². The summed E-state index contributed by atoms with van der Waals surface area (Å²) < 4.78 is 0. The zero-order valence-corrected chi connectivity index (χ0v) is 9.01. The van der Waals surface area contributed by atoms with Crippen molar-refractivity contribution in [2.45, 2.75) is 6.04 Å².